The van der Waals surface area contributed by atoms with Gasteiger partial charge in [0.15, 0.2) is 5.82 Å². The third-order valence-electron chi connectivity index (χ3n) is 5.01. The van der Waals surface area contributed by atoms with E-state index in [1.54, 1.807) is 19.4 Å². The molecule has 2 aromatic carbocycles. The molecule has 0 aliphatic carbocycles. The van der Waals surface area contributed by atoms with Gasteiger partial charge in [0.25, 0.3) is 0 Å². The molecule has 0 saturated heterocycles. The monoisotopic (exact) mass is 445 g/mol. The standard InChI is InChI=1S/C21H20ClN3O4S/c1-28-16-5-3-14(4-6-16)21-23-12-15-13-25(10-9-19(15)24-21)30(26,27)17-7-8-20(29-2)18(22)11-17/h3-8,11-12H,9-10,13H2,1-2H3. The van der Waals surface area contributed by atoms with Crippen molar-refractivity contribution in [1.29, 1.82) is 0 Å². The van der Waals surface area contributed by atoms with E-state index in [4.69, 9.17) is 21.1 Å². The highest BCUT2D eigenvalue weighted by Gasteiger charge is 2.30. The molecule has 4 rings (SSSR count). The Balaban J connectivity index is 1.58. The highest BCUT2D eigenvalue weighted by atomic mass is 35.5. The summed E-state index contributed by atoms with van der Waals surface area (Å²) in [5, 5.41) is 0.253. The van der Waals surface area contributed by atoms with Crippen molar-refractivity contribution in [3.8, 4) is 22.9 Å². The molecule has 0 spiro atoms. The van der Waals surface area contributed by atoms with E-state index in [0.29, 0.717) is 24.5 Å². The fraction of sp³-hybridized carbons (Fsp3) is 0.238. The molecule has 0 fully saturated rings. The van der Waals surface area contributed by atoms with Gasteiger partial charge in [-0.15, -0.1) is 0 Å². The lowest BCUT2D eigenvalue weighted by molar-refractivity contribution is 0.386. The van der Waals surface area contributed by atoms with Gasteiger partial charge < -0.3 is 9.47 Å². The van der Waals surface area contributed by atoms with Crippen molar-refractivity contribution < 1.29 is 17.9 Å². The number of ether oxygens (including phenoxy) is 2. The Morgan fingerprint density at radius 2 is 1.83 bits per heavy atom. The first kappa shape index (κ1) is 20.6. The molecule has 9 heteroatoms. The topological polar surface area (TPSA) is 81.6 Å². The molecule has 1 aromatic heterocycles. The number of rotatable bonds is 5. The van der Waals surface area contributed by atoms with Crippen LogP contribution in [-0.4, -0.2) is 43.5 Å². The van der Waals surface area contributed by atoms with E-state index in [2.05, 4.69) is 9.97 Å². The zero-order valence-corrected chi connectivity index (χ0v) is 18.1. The van der Waals surface area contributed by atoms with Crippen LogP contribution in [0.15, 0.2) is 53.6 Å². The molecule has 3 aromatic rings. The largest absolute Gasteiger partial charge is 0.497 e. The second-order valence-electron chi connectivity index (χ2n) is 6.78. The molecule has 0 saturated carbocycles. The van der Waals surface area contributed by atoms with Gasteiger partial charge >= 0.3 is 0 Å². The molecule has 2 heterocycles. The van der Waals surface area contributed by atoms with Crippen molar-refractivity contribution in [3.63, 3.8) is 0 Å². The van der Waals surface area contributed by atoms with Gasteiger partial charge in [-0.25, -0.2) is 18.4 Å². The minimum atomic E-state index is -3.70. The van der Waals surface area contributed by atoms with E-state index >= 15 is 0 Å². The Hall–Kier alpha value is -2.68. The SMILES string of the molecule is COc1ccc(-c2ncc3c(n2)CCN(S(=O)(=O)c2ccc(OC)c(Cl)c2)C3)cc1. The summed E-state index contributed by atoms with van der Waals surface area (Å²) in [4.78, 5) is 9.22. The van der Waals surface area contributed by atoms with Gasteiger partial charge in [-0.1, -0.05) is 11.6 Å². The maximum Gasteiger partial charge on any atom is 0.243 e. The van der Waals surface area contributed by atoms with Crippen molar-refractivity contribution in [2.45, 2.75) is 17.9 Å². The van der Waals surface area contributed by atoms with Crippen molar-refractivity contribution in [2.75, 3.05) is 20.8 Å². The predicted molar refractivity (Wildman–Crippen MR) is 113 cm³/mol. The van der Waals surface area contributed by atoms with Gasteiger partial charge in [-0.3, -0.25) is 0 Å². The summed E-state index contributed by atoms with van der Waals surface area (Å²) in [6.45, 7) is 0.544. The molecule has 156 valence electrons. The van der Waals surface area contributed by atoms with Crippen molar-refractivity contribution in [3.05, 3.63) is 64.9 Å². The van der Waals surface area contributed by atoms with Crippen molar-refractivity contribution in [1.82, 2.24) is 14.3 Å². The third kappa shape index (κ3) is 3.86. The Kier molecular flexibility index (Phi) is 5.64. The molecule has 1 aliphatic heterocycles. The van der Waals surface area contributed by atoms with Crippen LogP contribution in [0.4, 0.5) is 0 Å². The first-order valence-electron chi connectivity index (χ1n) is 9.25. The van der Waals surface area contributed by atoms with Crippen LogP contribution in [0.2, 0.25) is 5.02 Å². The van der Waals surface area contributed by atoms with Crippen LogP contribution in [0.25, 0.3) is 11.4 Å². The molecular formula is C21H20ClN3O4S. The van der Waals surface area contributed by atoms with Crippen LogP contribution in [0, 0.1) is 0 Å². The summed E-state index contributed by atoms with van der Waals surface area (Å²) < 4.78 is 37.8. The number of hydrogen-bond donors (Lipinski definition) is 0. The fourth-order valence-electron chi connectivity index (χ4n) is 3.33. The zero-order chi connectivity index (χ0) is 21.3. The molecule has 0 bridgehead atoms. The van der Waals surface area contributed by atoms with E-state index in [1.807, 2.05) is 24.3 Å². The number of methoxy groups -OCH3 is 2. The molecule has 30 heavy (non-hydrogen) atoms. The van der Waals surface area contributed by atoms with Gasteiger partial charge in [-0.05, 0) is 42.5 Å². The Morgan fingerprint density at radius 1 is 1.07 bits per heavy atom. The van der Waals surface area contributed by atoms with Crippen LogP contribution in [-0.2, 0) is 23.0 Å². The molecule has 7 nitrogen and oxygen atoms in total. The lowest BCUT2D eigenvalue weighted by Crippen LogP contribution is -2.36. The van der Waals surface area contributed by atoms with Crippen LogP contribution >= 0.6 is 11.6 Å². The number of halogens is 1. The molecular weight excluding hydrogens is 426 g/mol. The van der Waals surface area contributed by atoms with Crippen molar-refractivity contribution >= 4 is 21.6 Å². The smallest absolute Gasteiger partial charge is 0.243 e. The minimum Gasteiger partial charge on any atom is -0.497 e. The number of sulfonamides is 1. The maximum absolute atomic E-state index is 13.1. The summed E-state index contributed by atoms with van der Waals surface area (Å²) in [6, 6.07) is 12.0. The molecule has 1 aliphatic rings. The predicted octanol–water partition coefficient (Wildman–Crippen LogP) is 3.56. The summed E-state index contributed by atoms with van der Waals surface area (Å²) in [5.74, 6) is 1.80. The third-order valence-corrected chi connectivity index (χ3v) is 7.14. The molecule has 0 amide bonds. The fourth-order valence-corrected chi connectivity index (χ4v) is 5.10. The van der Waals surface area contributed by atoms with Crippen molar-refractivity contribution in [2.24, 2.45) is 0 Å². The quantitative estimate of drug-likeness (QED) is 0.597. The Bertz CT molecular complexity index is 1180. The maximum atomic E-state index is 13.1. The number of nitrogens with zero attached hydrogens (tertiary/aromatic N) is 3. The number of aromatic nitrogens is 2. The Labute approximate surface area is 180 Å². The molecule has 0 atom stereocenters. The van der Waals surface area contributed by atoms with E-state index in [9.17, 15) is 8.42 Å². The molecule has 0 unspecified atom stereocenters. The first-order chi connectivity index (χ1) is 14.4. The first-order valence-corrected chi connectivity index (χ1v) is 11.1. The highest BCUT2D eigenvalue weighted by molar-refractivity contribution is 7.89. The average molecular weight is 446 g/mol. The normalized spacial score (nSPS) is 14.2. The van der Waals surface area contributed by atoms with Gasteiger partial charge in [0, 0.05) is 36.8 Å². The van der Waals surface area contributed by atoms with E-state index in [0.717, 1.165) is 22.6 Å². The average Bonchev–Trinajstić information content (AvgIpc) is 2.78. The van der Waals surface area contributed by atoms with Gasteiger partial charge in [0.1, 0.15) is 11.5 Å². The second kappa shape index (κ2) is 8.22. The van der Waals surface area contributed by atoms with Crippen LogP contribution in [0.1, 0.15) is 11.3 Å². The summed E-state index contributed by atoms with van der Waals surface area (Å²) >= 11 is 6.11. The highest BCUT2D eigenvalue weighted by Crippen LogP contribution is 2.30. The number of fused-ring (bicyclic) bond motifs is 1. The summed E-state index contributed by atoms with van der Waals surface area (Å²) in [7, 11) is -0.600. The minimum absolute atomic E-state index is 0.132. The van der Waals surface area contributed by atoms with Crippen LogP contribution in [0.3, 0.4) is 0 Å². The summed E-state index contributed by atoms with van der Waals surface area (Å²) in [6.07, 6.45) is 2.20. The zero-order valence-electron chi connectivity index (χ0n) is 16.5. The van der Waals surface area contributed by atoms with Crippen LogP contribution in [0.5, 0.6) is 11.5 Å². The van der Waals surface area contributed by atoms with E-state index < -0.39 is 10.0 Å². The molecule has 0 radical (unpaired) electrons. The number of benzene rings is 2. The van der Waals surface area contributed by atoms with Crippen LogP contribution < -0.4 is 9.47 Å². The lowest BCUT2D eigenvalue weighted by atomic mass is 10.1. The number of hydrogen-bond acceptors (Lipinski definition) is 6. The Morgan fingerprint density at radius 3 is 2.50 bits per heavy atom. The van der Waals surface area contributed by atoms with Gasteiger partial charge in [0.2, 0.25) is 10.0 Å². The van der Waals surface area contributed by atoms with Gasteiger partial charge in [-0.2, -0.15) is 4.31 Å². The lowest BCUT2D eigenvalue weighted by Gasteiger charge is -2.27. The van der Waals surface area contributed by atoms with E-state index in [1.165, 1.54) is 23.5 Å². The van der Waals surface area contributed by atoms with Gasteiger partial charge in [0.05, 0.1) is 29.8 Å². The van der Waals surface area contributed by atoms with E-state index in [-0.39, 0.29) is 16.5 Å². The second-order valence-corrected chi connectivity index (χ2v) is 9.12. The molecule has 0 N–H and O–H groups in total. The summed E-state index contributed by atoms with van der Waals surface area (Å²) in [5.41, 5.74) is 2.53.